The Bertz CT molecular complexity index is 769. The van der Waals surface area contributed by atoms with Crippen molar-refractivity contribution in [1.82, 2.24) is 10.2 Å². The Kier molecular flexibility index (Phi) is 4.66. The van der Waals surface area contributed by atoms with Crippen LogP contribution in [-0.2, 0) is 14.8 Å². The van der Waals surface area contributed by atoms with Crippen LogP contribution >= 0.6 is 0 Å². The first-order valence-corrected chi connectivity index (χ1v) is 7.84. The summed E-state index contributed by atoms with van der Waals surface area (Å²) in [4.78, 5) is 11.5. The number of benzene rings is 1. The Morgan fingerprint density at radius 1 is 1.36 bits per heavy atom. The monoisotopic (exact) mass is 325 g/mol. The molecule has 0 amide bonds. The Balaban J connectivity index is 2.26. The van der Waals surface area contributed by atoms with Gasteiger partial charge in [0.25, 0.3) is 10.0 Å². The predicted octanol–water partition coefficient (Wildman–Crippen LogP) is 1.40. The largest absolute Gasteiger partial charge is 0.495 e. The zero-order valence-corrected chi connectivity index (χ0v) is 12.8. The second-order valence-electron chi connectivity index (χ2n) is 4.14. The number of nitrogens with zero attached hydrogens (tertiary/aromatic N) is 1. The molecule has 0 aliphatic rings. The first-order chi connectivity index (χ1) is 10.5. The van der Waals surface area contributed by atoms with E-state index in [1.165, 1.54) is 7.11 Å². The molecule has 8 nitrogen and oxygen atoms in total. The predicted molar refractivity (Wildman–Crippen MR) is 78.3 cm³/mol. The Labute approximate surface area is 127 Å². The van der Waals surface area contributed by atoms with Crippen LogP contribution in [0, 0.1) is 0 Å². The number of carbonyl (C=O) groups excluding carboxylic acids is 1. The number of H-pyrrole nitrogens is 1. The molecule has 0 saturated heterocycles. The maximum atomic E-state index is 12.3. The van der Waals surface area contributed by atoms with Gasteiger partial charge in [-0.15, -0.1) is 0 Å². The zero-order valence-electron chi connectivity index (χ0n) is 12.0. The Morgan fingerprint density at radius 3 is 2.77 bits per heavy atom. The molecule has 2 N–H and O–H groups in total. The van der Waals surface area contributed by atoms with Crippen molar-refractivity contribution in [2.45, 2.75) is 11.9 Å². The molecule has 1 aromatic carbocycles. The molecule has 118 valence electrons. The standard InChI is InChI=1S/C13H15N3O5S/c1-3-21-13(17)10-8-12(15-14-10)22(18,19)16-9-6-4-5-7-11(9)20-2/h4-8,16H,3H2,1-2H3,(H,14,15). The number of methoxy groups -OCH3 is 1. The minimum Gasteiger partial charge on any atom is -0.495 e. The van der Waals surface area contributed by atoms with Crippen molar-refractivity contribution in [1.29, 1.82) is 0 Å². The topological polar surface area (TPSA) is 110 Å². The number of hydrogen-bond acceptors (Lipinski definition) is 6. The van der Waals surface area contributed by atoms with Gasteiger partial charge in [-0.25, -0.2) is 4.79 Å². The summed E-state index contributed by atoms with van der Waals surface area (Å²) in [5, 5.41) is 5.69. The highest BCUT2D eigenvalue weighted by molar-refractivity contribution is 7.92. The summed E-state index contributed by atoms with van der Waals surface area (Å²) in [5.41, 5.74) is 0.166. The molecule has 0 atom stereocenters. The van der Waals surface area contributed by atoms with Gasteiger partial charge < -0.3 is 9.47 Å². The van der Waals surface area contributed by atoms with E-state index in [1.54, 1.807) is 31.2 Å². The van der Waals surface area contributed by atoms with Crippen molar-refractivity contribution < 1.29 is 22.7 Å². The van der Waals surface area contributed by atoms with Crippen LogP contribution in [0.2, 0.25) is 0 Å². The molecular formula is C13H15N3O5S. The third kappa shape index (κ3) is 3.37. The molecule has 0 saturated carbocycles. The Hall–Kier alpha value is -2.55. The summed E-state index contributed by atoms with van der Waals surface area (Å²) >= 11 is 0. The quantitative estimate of drug-likeness (QED) is 0.777. The molecule has 9 heteroatoms. The van der Waals surface area contributed by atoms with E-state index in [2.05, 4.69) is 14.9 Å². The van der Waals surface area contributed by atoms with Crippen molar-refractivity contribution in [2.24, 2.45) is 0 Å². The van der Waals surface area contributed by atoms with Gasteiger partial charge in [0.2, 0.25) is 0 Å². The molecule has 0 aliphatic heterocycles. The van der Waals surface area contributed by atoms with Gasteiger partial charge in [0.05, 0.1) is 19.4 Å². The second kappa shape index (κ2) is 6.48. The molecule has 2 rings (SSSR count). The molecule has 2 aromatic rings. The molecule has 0 radical (unpaired) electrons. The van der Waals surface area contributed by atoms with Crippen LogP contribution in [0.15, 0.2) is 35.4 Å². The van der Waals surface area contributed by atoms with Gasteiger partial charge in [-0.05, 0) is 19.1 Å². The van der Waals surface area contributed by atoms with Crippen LogP contribution in [-0.4, -0.2) is 38.3 Å². The van der Waals surface area contributed by atoms with Crippen molar-refractivity contribution >= 4 is 21.7 Å². The molecule has 1 aromatic heterocycles. The van der Waals surface area contributed by atoms with E-state index < -0.39 is 16.0 Å². The first kappa shape index (κ1) is 15.8. The fourth-order valence-electron chi connectivity index (χ4n) is 1.68. The first-order valence-electron chi connectivity index (χ1n) is 6.36. The molecule has 0 unspecified atom stereocenters. The summed E-state index contributed by atoms with van der Waals surface area (Å²) in [6.45, 7) is 1.82. The maximum absolute atomic E-state index is 12.3. The van der Waals surface area contributed by atoms with Crippen LogP contribution in [0.3, 0.4) is 0 Å². The molecule has 1 heterocycles. The number of rotatable bonds is 6. The lowest BCUT2D eigenvalue weighted by molar-refractivity contribution is 0.0519. The van der Waals surface area contributed by atoms with Crippen LogP contribution in [0.4, 0.5) is 5.69 Å². The molecule has 0 aliphatic carbocycles. The highest BCUT2D eigenvalue weighted by atomic mass is 32.2. The lowest BCUT2D eigenvalue weighted by atomic mass is 10.3. The van der Waals surface area contributed by atoms with Crippen LogP contribution in [0.5, 0.6) is 5.75 Å². The summed E-state index contributed by atoms with van der Waals surface area (Å²) in [6, 6.07) is 7.66. The third-order valence-corrected chi connectivity index (χ3v) is 3.96. The zero-order chi connectivity index (χ0) is 16.2. The van der Waals surface area contributed by atoms with E-state index in [1.807, 2.05) is 0 Å². The van der Waals surface area contributed by atoms with E-state index >= 15 is 0 Å². The van der Waals surface area contributed by atoms with Gasteiger partial charge in [-0.2, -0.15) is 13.5 Å². The minimum atomic E-state index is -3.93. The lowest BCUT2D eigenvalue weighted by Gasteiger charge is -2.10. The molecule has 22 heavy (non-hydrogen) atoms. The molecule has 0 fully saturated rings. The third-order valence-electron chi connectivity index (χ3n) is 2.68. The number of para-hydroxylation sites is 2. The maximum Gasteiger partial charge on any atom is 0.358 e. The van der Waals surface area contributed by atoms with Gasteiger partial charge in [0.1, 0.15) is 5.75 Å². The number of hydrogen-bond donors (Lipinski definition) is 2. The van der Waals surface area contributed by atoms with Crippen molar-refractivity contribution in [2.75, 3.05) is 18.4 Å². The number of sulfonamides is 1. The second-order valence-corrected chi connectivity index (χ2v) is 5.79. The smallest absolute Gasteiger partial charge is 0.358 e. The highest BCUT2D eigenvalue weighted by Crippen LogP contribution is 2.25. The van der Waals surface area contributed by atoms with E-state index in [-0.39, 0.29) is 23.0 Å². The summed E-state index contributed by atoms with van der Waals surface area (Å²) in [6.07, 6.45) is 0. The van der Waals surface area contributed by atoms with Crippen molar-refractivity contribution in [3.05, 3.63) is 36.0 Å². The van der Waals surface area contributed by atoms with Crippen LogP contribution in [0.1, 0.15) is 17.4 Å². The van der Waals surface area contributed by atoms with Gasteiger partial charge in [0.15, 0.2) is 10.7 Å². The fourth-order valence-corrected chi connectivity index (χ4v) is 2.68. The number of aromatic nitrogens is 2. The minimum absolute atomic E-state index is 0.109. The fraction of sp³-hybridized carbons (Fsp3) is 0.231. The molecule has 0 spiro atoms. The summed E-state index contributed by atoms with van der Waals surface area (Å²) in [7, 11) is -2.50. The van der Waals surface area contributed by atoms with Crippen molar-refractivity contribution in [3.63, 3.8) is 0 Å². The van der Waals surface area contributed by atoms with Crippen molar-refractivity contribution in [3.8, 4) is 5.75 Å². The number of anilines is 1. The average Bonchev–Trinajstić information content (AvgIpc) is 2.98. The molecule has 0 bridgehead atoms. The summed E-state index contributed by atoms with van der Waals surface area (Å²) < 4.78 is 36.7. The van der Waals surface area contributed by atoms with Crippen LogP contribution < -0.4 is 9.46 Å². The number of nitrogens with one attached hydrogen (secondary N) is 2. The highest BCUT2D eigenvalue weighted by Gasteiger charge is 2.21. The van der Waals surface area contributed by atoms with Gasteiger partial charge in [-0.1, -0.05) is 12.1 Å². The van der Waals surface area contributed by atoms with Crippen LogP contribution in [0.25, 0.3) is 0 Å². The number of aromatic amines is 1. The van der Waals surface area contributed by atoms with E-state index in [0.29, 0.717) is 5.75 Å². The van der Waals surface area contributed by atoms with Gasteiger partial charge in [-0.3, -0.25) is 9.82 Å². The number of carbonyl (C=O) groups is 1. The average molecular weight is 325 g/mol. The number of ether oxygens (including phenoxy) is 2. The number of esters is 1. The van der Waals surface area contributed by atoms with E-state index in [0.717, 1.165) is 6.07 Å². The van der Waals surface area contributed by atoms with E-state index in [9.17, 15) is 13.2 Å². The normalized spacial score (nSPS) is 11.0. The lowest BCUT2D eigenvalue weighted by Crippen LogP contribution is -2.14. The van der Waals surface area contributed by atoms with E-state index in [4.69, 9.17) is 9.47 Å². The Morgan fingerprint density at radius 2 is 2.09 bits per heavy atom. The van der Waals surface area contributed by atoms with Gasteiger partial charge in [0, 0.05) is 6.07 Å². The molecular weight excluding hydrogens is 310 g/mol. The van der Waals surface area contributed by atoms with Gasteiger partial charge >= 0.3 is 5.97 Å². The summed E-state index contributed by atoms with van der Waals surface area (Å²) in [5.74, 6) is -0.325. The SMILES string of the molecule is CCOC(=O)c1cc(S(=O)(=O)Nc2ccccc2OC)[nH]n1.